The van der Waals surface area contributed by atoms with Gasteiger partial charge in [0.2, 0.25) is 0 Å². The lowest BCUT2D eigenvalue weighted by molar-refractivity contribution is -0.158. The van der Waals surface area contributed by atoms with Gasteiger partial charge in [-0.2, -0.15) is 0 Å². The third kappa shape index (κ3) is 5.97. The molecule has 0 aromatic heterocycles. The molecule has 0 saturated heterocycles. The van der Waals surface area contributed by atoms with Crippen LogP contribution < -0.4 is 0 Å². The third-order valence-corrected chi connectivity index (χ3v) is 5.79. The Hall–Kier alpha value is -2.04. The van der Waals surface area contributed by atoms with E-state index in [4.69, 9.17) is 9.47 Å². The van der Waals surface area contributed by atoms with Crippen molar-refractivity contribution in [1.29, 1.82) is 0 Å². The molecule has 0 aliphatic heterocycles. The van der Waals surface area contributed by atoms with Gasteiger partial charge in [0.25, 0.3) is 0 Å². The molecule has 0 unspecified atom stereocenters. The van der Waals surface area contributed by atoms with E-state index in [9.17, 15) is 14.7 Å². The van der Waals surface area contributed by atoms with Crippen LogP contribution in [0.4, 0.5) is 0 Å². The van der Waals surface area contributed by atoms with Crippen LogP contribution in [0.1, 0.15) is 83.9 Å². The number of phenolic OH excluding ortho intramolecular Hbond substituents is 1. The van der Waals surface area contributed by atoms with Gasteiger partial charge in [0.15, 0.2) is 5.92 Å². The van der Waals surface area contributed by atoms with Crippen LogP contribution in [0.3, 0.4) is 0 Å². The number of benzene rings is 1. The Morgan fingerprint density at radius 3 is 1.59 bits per heavy atom. The van der Waals surface area contributed by atoms with Crippen molar-refractivity contribution in [3.8, 4) is 5.75 Å². The summed E-state index contributed by atoms with van der Waals surface area (Å²) in [5.74, 6) is -1.94. The molecule has 0 heterocycles. The van der Waals surface area contributed by atoms with Crippen molar-refractivity contribution in [3.63, 3.8) is 0 Å². The number of rotatable bonds is 10. The van der Waals surface area contributed by atoms with Gasteiger partial charge in [0.1, 0.15) is 5.75 Å². The zero-order chi connectivity index (χ0) is 22.4. The lowest BCUT2D eigenvalue weighted by Gasteiger charge is -2.32. The highest BCUT2D eigenvalue weighted by molar-refractivity contribution is 5.95. The molecule has 5 nitrogen and oxygen atoms in total. The summed E-state index contributed by atoms with van der Waals surface area (Å²) in [6.07, 6.45) is 3.96. The van der Waals surface area contributed by atoms with E-state index in [1.807, 2.05) is 12.1 Å². The zero-order valence-corrected chi connectivity index (χ0v) is 19.3. The van der Waals surface area contributed by atoms with Gasteiger partial charge in [-0.1, -0.05) is 66.5 Å². The van der Waals surface area contributed by atoms with E-state index in [0.29, 0.717) is 5.75 Å². The van der Waals surface area contributed by atoms with Crippen LogP contribution in [0, 0.1) is 5.92 Å². The second-order valence-corrected chi connectivity index (χ2v) is 9.11. The van der Waals surface area contributed by atoms with Gasteiger partial charge in [-0.15, -0.1) is 0 Å². The van der Waals surface area contributed by atoms with Crippen molar-refractivity contribution >= 4 is 11.9 Å². The monoisotopic (exact) mass is 406 g/mol. The fraction of sp³-hybridized carbons (Fsp3) is 0.667. The number of hydrogen-bond acceptors (Lipinski definition) is 5. The molecule has 0 amide bonds. The molecule has 0 spiro atoms. The Bertz CT molecular complexity index is 663. The predicted octanol–water partition coefficient (Wildman–Crippen LogP) is 5.05. The van der Waals surface area contributed by atoms with E-state index in [1.165, 1.54) is 14.2 Å². The molecule has 0 bridgehead atoms. The second kappa shape index (κ2) is 10.1. The highest BCUT2D eigenvalue weighted by atomic mass is 16.5. The number of ether oxygens (including phenoxy) is 2. The van der Waals surface area contributed by atoms with E-state index in [1.54, 1.807) is 0 Å². The predicted molar refractivity (Wildman–Crippen MR) is 115 cm³/mol. The van der Waals surface area contributed by atoms with Crippen LogP contribution >= 0.6 is 0 Å². The van der Waals surface area contributed by atoms with Crippen LogP contribution in [0.25, 0.3) is 0 Å². The molecule has 1 rings (SSSR count). The number of hydrogen-bond donors (Lipinski definition) is 1. The molecule has 0 aliphatic carbocycles. The van der Waals surface area contributed by atoms with Crippen LogP contribution in [0.15, 0.2) is 12.1 Å². The molecular formula is C24H38O5. The zero-order valence-electron chi connectivity index (χ0n) is 19.3. The molecule has 164 valence electrons. The van der Waals surface area contributed by atoms with Crippen molar-refractivity contribution in [1.82, 2.24) is 0 Å². The molecule has 1 aromatic rings. The summed E-state index contributed by atoms with van der Waals surface area (Å²) < 4.78 is 9.63. The van der Waals surface area contributed by atoms with Crippen molar-refractivity contribution in [2.75, 3.05) is 14.2 Å². The summed E-state index contributed by atoms with van der Waals surface area (Å²) >= 11 is 0. The summed E-state index contributed by atoms with van der Waals surface area (Å²) in [7, 11) is 2.53. The fourth-order valence-corrected chi connectivity index (χ4v) is 4.15. The normalized spacial score (nSPS) is 12.2. The van der Waals surface area contributed by atoms with Gasteiger partial charge in [0, 0.05) is 11.1 Å². The molecule has 1 aromatic carbocycles. The first-order valence-electron chi connectivity index (χ1n) is 10.5. The highest BCUT2D eigenvalue weighted by Crippen LogP contribution is 2.43. The summed E-state index contributed by atoms with van der Waals surface area (Å²) in [6, 6.07) is 3.85. The SMILES string of the molecule is CCCC(C)(C)c1cc(CC(C(=O)OC)C(=O)OC)cc(C(C)(C)CCC)c1O. The topological polar surface area (TPSA) is 72.8 Å². The Morgan fingerprint density at radius 2 is 1.28 bits per heavy atom. The maximum absolute atomic E-state index is 12.2. The number of methoxy groups -OCH3 is 2. The van der Waals surface area contributed by atoms with Gasteiger partial charge in [-0.25, -0.2) is 0 Å². The summed E-state index contributed by atoms with van der Waals surface area (Å²) in [5, 5.41) is 11.2. The van der Waals surface area contributed by atoms with Crippen LogP contribution in [0.5, 0.6) is 5.75 Å². The molecule has 29 heavy (non-hydrogen) atoms. The largest absolute Gasteiger partial charge is 0.507 e. The van der Waals surface area contributed by atoms with E-state index >= 15 is 0 Å². The van der Waals surface area contributed by atoms with Crippen molar-refractivity contribution in [2.24, 2.45) is 5.92 Å². The molecule has 0 aliphatic rings. The maximum atomic E-state index is 12.2. The molecule has 5 heteroatoms. The summed E-state index contributed by atoms with van der Waals surface area (Å²) in [5.41, 5.74) is 2.05. The molecule has 0 atom stereocenters. The van der Waals surface area contributed by atoms with Gasteiger partial charge in [-0.3, -0.25) is 9.59 Å². The minimum absolute atomic E-state index is 0.171. The molecule has 1 N–H and O–H groups in total. The first-order chi connectivity index (χ1) is 13.4. The van der Waals surface area contributed by atoms with Gasteiger partial charge < -0.3 is 14.6 Å². The number of carbonyl (C=O) groups is 2. The van der Waals surface area contributed by atoms with E-state index in [0.717, 1.165) is 42.4 Å². The first kappa shape index (κ1) is 25.0. The Labute approximate surface area is 175 Å². The van der Waals surface area contributed by atoms with Crippen LogP contribution in [-0.4, -0.2) is 31.3 Å². The quantitative estimate of drug-likeness (QED) is 0.435. The number of esters is 2. The third-order valence-electron chi connectivity index (χ3n) is 5.79. The van der Waals surface area contributed by atoms with Crippen molar-refractivity contribution < 1.29 is 24.2 Å². The second-order valence-electron chi connectivity index (χ2n) is 9.11. The highest BCUT2D eigenvalue weighted by Gasteiger charge is 2.33. The average Bonchev–Trinajstić information content (AvgIpc) is 2.65. The van der Waals surface area contributed by atoms with Crippen LogP contribution in [0.2, 0.25) is 0 Å². The van der Waals surface area contributed by atoms with E-state index in [2.05, 4.69) is 41.5 Å². The lowest BCUT2D eigenvalue weighted by atomic mass is 9.73. The molecule has 0 saturated carbocycles. The maximum Gasteiger partial charge on any atom is 0.320 e. The average molecular weight is 407 g/mol. The Balaban J connectivity index is 3.62. The van der Waals surface area contributed by atoms with Gasteiger partial charge in [0.05, 0.1) is 14.2 Å². The van der Waals surface area contributed by atoms with Gasteiger partial charge in [-0.05, 0) is 35.7 Å². The van der Waals surface area contributed by atoms with Gasteiger partial charge >= 0.3 is 11.9 Å². The Morgan fingerprint density at radius 1 is 0.897 bits per heavy atom. The molecule has 0 radical (unpaired) electrons. The minimum Gasteiger partial charge on any atom is -0.507 e. The minimum atomic E-state index is -1.03. The smallest absolute Gasteiger partial charge is 0.320 e. The Kier molecular flexibility index (Phi) is 8.73. The standard InChI is InChI=1S/C24H38O5/c1-9-11-23(3,4)18-14-16(13-17(21(26)28-7)22(27)29-8)15-19(20(18)25)24(5,6)12-10-2/h14-15,17,25H,9-13H2,1-8H3. The summed E-state index contributed by atoms with van der Waals surface area (Å²) in [4.78, 5) is 24.4. The number of carbonyl (C=O) groups excluding carboxylic acids is 2. The summed E-state index contributed by atoms with van der Waals surface area (Å²) in [6.45, 7) is 12.7. The van der Waals surface area contributed by atoms with Crippen molar-refractivity contribution in [2.45, 2.75) is 84.5 Å². The van der Waals surface area contributed by atoms with Crippen molar-refractivity contribution in [3.05, 3.63) is 28.8 Å². The first-order valence-corrected chi connectivity index (χ1v) is 10.5. The fourth-order valence-electron chi connectivity index (χ4n) is 4.15. The molecule has 0 fully saturated rings. The van der Waals surface area contributed by atoms with E-state index in [-0.39, 0.29) is 17.3 Å². The molecular weight excluding hydrogens is 368 g/mol. The number of aromatic hydroxyl groups is 1. The lowest BCUT2D eigenvalue weighted by Crippen LogP contribution is -2.29. The van der Waals surface area contributed by atoms with E-state index < -0.39 is 17.9 Å². The van der Waals surface area contributed by atoms with Crippen LogP contribution in [-0.2, 0) is 36.3 Å². The number of phenols is 1.